The van der Waals surface area contributed by atoms with Crippen molar-refractivity contribution in [2.45, 2.75) is 19.4 Å². The minimum absolute atomic E-state index is 0.631. The van der Waals surface area contributed by atoms with Crippen LogP contribution in [0.3, 0.4) is 0 Å². The molecular weight excluding hydrogens is 266 g/mol. The first-order chi connectivity index (χ1) is 10.0. The molecule has 0 amide bonds. The molecule has 2 heterocycles. The lowest BCUT2D eigenvalue weighted by molar-refractivity contribution is -0.145. The molecule has 5 nitrogen and oxygen atoms in total. The lowest BCUT2D eigenvalue weighted by atomic mass is 10.0. The van der Waals surface area contributed by atoms with Gasteiger partial charge in [-0.25, -0.2) is 9.78 Å². The van der Waals surface area contributed by atoms with E-state index in [9.17, 15) is 9.90 Å². The number of nitrogens with zero attached hydrogens (tertiary/aromatic N) is 3. The Bertz CT molecular complexity index is 807. The van der Waals surface area contributed by atoms with Gasteiger partial charge in [0.05, 0.1) is 11.0 Å². The average Bonchev–Trinajstić information content (AvgIpc) is 2.88. The molecule has 0 aliphatic heterocycles. The molecule has 0 aliphatic carbocycles. The number of rotatable bonds is 3. The van der Waals surface area contributed by atoms with Crippen LogP contribution in [0.4, 0.5) is 0 Å². The van der Waals surface area contributed by atoms with Crippen LogP contribution in [0, 0.1) is 0 Å². The number of imidazole rings is 1. The molecule has 0 atom stereocenters. The Morgan fingerprint density at radius 1 is 1.14 bits per heavy atom. The van der Waals surface area contributed by atoms with Crippen LogP contribution >= 0.6 is 0 Å². The summed E-state index contributed by atoms with van der Waals surface area (Å²) in [5.41, 5.74) is 1.32. The number of carboxylic acid groups (broad SMARTS) is 1. The van der Waals surface area contributed by atoms with Gasteiger partial charge in [-0.3, -0.25) is 4.98 Å². The minimum Gasteiger partial charge on any atom is -0.480 e. The van der Waals surface area contributed by atoms with Crippen molar-refractivity contribution in [2.24, 2.45) is 0 Å². The van der Waals surface area contributed by atoms with Crippen LogP contribution in [0.25, 0.3) is 22.4 Å². The van der Waals surface area contributed by atoms with Gasteiger partial charge in [0.25, 0.3) is 0 Å². The quantitative estimate of drug-likeness (QED) is 0.801. The first-order valence-corrected chi connectivity index (χ1v) is 6.63. The highest BCUT2D eigenvalue weighted by Gasteiger charge is 2.33. The predicted molar refractivity (Wildman–Crippen MR) is 79.9 cm³/mol. The summed E-state index contributed by atoms with van der Waals surface area (Å²) >= 11 is 0. The van der Waals surface area contributed by atoms with E-state index >= 15 is 0 Å². The predicted octanol–water partition coefficient (Wildman–Crippen LogP) is 2.92. The van der Waals surface area contributed by atoms with Gasteiger partial charge in [-0.05, 0) is 38.1 Å². The van der Waals surface area contributed by atoms with E-state index in [0.29, 0.717) is 5.82 Å². The fourth-order valence-corrected chi connectivity index (χ4v) is 2.38. The summed E-state index contributed by atoms with van der Waals surface area (Å²) in [6.45, 7) is 3.35. The highest BCUT2D eigenvalue weighted by Crippen LogP contribution is 2.31. The maximum absolute atomic E-state index is 11.7. The van der Waals surface area contributed by atoms with Gasteiger partial charge in [-0.2, -0.15) is 0 Å². The average molecular weight is 281 g/mol. The summed E-state index contributed by atoms with van der Waals surface area (Å²) in [4.78, 5) is 20.3. The Kier molecular flexibility index (Phi) is 2.97. The molecule has 0 bridgehead atoms. The molecule has 21 heavy (non-hydrogen) atoms. The summed E-state index contributed by atoms with van der Waals surface area (Å²) in [6.07, 6.45) is 3.35. The lowest BCUT2D eigenvalue weighted by Gasteiger charge is -2.24. The molecule has 1 aromatic carbocycles. The maximum atomic E-state index is 11.7. The molecule has 0 aliphatic rings. The van der Waals surface area contributed by atoms with Gasteiger partial charge >= 0.3 is 5.97 Å². The third-order valence-electron chi connectivity index (χ3n) is 3.58. The van der Waals surface area contributed by atoms with Crippen LogP contribution < -0.4 is 0 Å². The summed E-state index contributed by atoms with van der Waals surface area (Å²) in [6, 6.07) is 11.2. The van der Waals surface area contributed by atoms with E-state index in [1.165, 1.54) is 0 Å². The fraction of sp³-hybridized carbons (Fsp3) is 0.188. The zero-order valence-corrected chi connectivity index (χ0v) is 11.8. The van der Waals surface area contributed by atoms with E-state index in [1.54, 1.807) is 30.8 Å². The van der Waals surface area contributed by atoms with Crippen molar-refractivity contribution < 1.29 is 9.90 Å². The zero-order chi connectivity index (χ0) is 15.0. The molecule has 0 saturated carbocycles. The van der Waals surface area contributed by atoms with Crippen molar-refractivity contribution in [1.82, 2.24) is 14.5 Å². The number of aromatic nitrogens is 3. The molecule has 0 radical (unpaired) electrons. The molecule has 3 rings (SSSR count). The van der Waals surface area contributed by atoms with Gasteiger partial charge < -0.3 is 9.67 Å². The lowest BCUT2D eigenvalue weighted by Crippen LogP contribution is -2.36. The smallest absolute Gasteiger partial charge is 0.329 e. The van der Waals surface area contributed by atoms with Gasteiger partial charge in [0.1, 0.15) is 11.4 Å². The number of carbonyl (C=O) groups is 1. The molecule has 0 spiro atoms. The number of hydrogen-bond donors (Lipinski definition) is 1. The van der Waals surface area contributed by atoms with E-state index in [4.69, 9.17) is 0 Å². The van der Waals surface area contributed by atoms with E-state index in [-0.39, 0.29) is 0 Å². The number of pyridine rings is 1. The van der Waals surface area contributed by atoms with Crippen LogP contribution in [0.15, 0.2) is 48.8 Å². The third kappa shape index (κ3) is 2.07. The Hall–Kier alpha value is -2.69. The first kappa shape index (κ1) is 13.3. The third-order valence-corrected chi connectivity index (χ3v) is 3.58. The van der Waals surface area contributed by atoms with E-state index in [2.05, 4.69) is 9.97 Å². The Morgan fingerprint density at radius 2 is 1.81 bits per heavy atom. The fourth-order valence-electron chi connectivity index (χ4n) is 2.38. The summed E-state index contributed by atoms with van der Waals surface area (Å²) in [5.74, 6) is -0.271. The first-order valence-electron chi connectivity index (χ1n) is 6.63. The number of carboxylic acids is 1. The Morgan fingerprint density at radius 3 is 2.48 bits per heavy atom. The largest absolute Gasteiger partial charge is 0.480 e. The molecular formula is C16H15N3O2. The number of para-hydroxylation sites is 2. The van der Waals surface area contributed by atoms with Crippen molar-refractivity contribution in [3.05, 3.63) is 48.8 Å². The Balaban J connectivity index is 2.37. The number of fused-ring (bicyclic) bond motifs is 1. The van der Waals surface area contributed by atoms with Gasteiger partial charge in [0.2, 0.25) is 0 Å². The molecule has 2 aromatic heterocycles. The normalized spacial score (nSPS) is 11.7. The monoisotopic (exact) mass is 281 g/mol. The van der Waals surface area contributed by atoms with E-state index in [1.807, 2.05) is 36.4 Å². The van der Waals surface area contributed by atoms with Gasteiger partial charge in [-0.1, -0.05) is 12.1 Å². The molecule has 3 aromatic rings. The summed E-state index contributed by atoms with van der Waals surface area (Å²) in [5, 5.41) is 9.58. The van der Waals surface area contributed by atoms with Crippen molar-refractivity contribution in [3.8, 4) is 11.4 Å². The summed E-state index contributed by atoms with van der Waals surface area (Å²) in [7, 11) is 0. The molecule has 0 fully saturated rings. The highest BCUT2D eigenvalue weighted by molar-refractivity contribution is 5.86. The number of aliphatic carboxylic acids is 1. The van der Waals surface area contributed by atoms with Crippen LogP contribution in [0.2, 0.25) is 0 Å². The Labute approximate surface area is 121 Å². The van der Waals surface area contributed by atoms with Crippen molar-refractivity contribution in [2.75, 3.05) is 0 Å². The van der Waals surface area contributed by atoms with Crippen molar-refractivity contribution in [1.29, 1.82) is 0 Å². The molecule has 1 N–H and O–H groups in total. The summed E-state index contributed by atoms with van der Waals surface area (Å²) < 4.78 is 1.76. The second kappa shape index (κ2) is 4.70. The van der Waals surface area contributed by atoms with Crippen LogP contribution in [-0.4, -0.2) is 25.6 Å². The minimum atomic E-state index is -1.10. The zero-order valence-electron chi connectivity index (χ0n) is 11.8. The van der Waals surface area contributed by atoms with Gasteiger partial charge in [0.15, 0.2) is 0 Å². The second-order valence-corrected chi connectivity index (χ2v) is 5.36. The molecule has 5 heteroatoms. The SMILES string of the molecule is CC(C)(C(=O)O)n1c(-c2ccncc2)nc2ccccc21. The van der Waals surface area contributed by atoms with Crippen molar-refractivity contribution >= 4 is 17.0 Å². The van der Waals surface area contributed by atoms with Crippen LogP contribution in [0.5, 0.6) is 0 Å². The van der Waals surface area contributed by atoms with Crippen molar-refractivity contribution in [3.63, 3.8) is 0 Å². The van der Waals surface area contributed by atoms with Crippen LogP contribution in [-0.2, 0) is 10.3 Å². The number of benzene rings is 1. The van der Waals surface area contributed by atoms with Gasteiger partial charge in [-0.15, -0.1) is 0 Å². The van der Waals surface area contributed by atoms with Crippen LogP contribution in [0.1, 0.15) is 13.8 Å². The molecule has 0 unspecified atom stereocenters. The van der Waals surface area contributed by atoms with E-state index < -0.39 is 11.5 Å². The number of hydrogen-bond acceptors (Lipinski definition) is 3. The standard InChI is InChI=1S/C16H15N3O2/c1-16(2,15(20)21)19-13-6-4-3-5-12(13)18-14(19)11-7-9-17-10-8-11/h3-10H,1-2H3,(H,20,21). The van der Waals surface area contributed by atoms with Gasteiger partial charge in [0, 0.05) is 18.0 Å². The molecule has 0 saturated heterocycles. The molecule has 106 valence electrons. The topological polar surface area (TPSA) is 68.0 Å². The van der Waals surface area contributed by atoms with E-state index in [0.717, 1.165) is 16.6 Å². The maximum Gasteiger partial charge on any atom is 0.329 e. The second-order valence-electron chi connectivity index (χ2n) is 5.36. The highest BCUT2D eigenvalue weighted by atomic mass is 16.4.